The Morgan fingerprint density at radius 1 is 0.944 bits per heavy atom. The van der Waals surface area contributed by atoms with E-state index in [0.29, 0.717) is 0 Å². The summed E-state index contributed by atoms with van der Waals surface area (Å²) in [6.45, 7) is 4.98. The van der Waals surface area contributed by atoms with E-state index in [1.54, 1.807) is 0 Å². The second-order valence-corrected chi connectivity index (χ2v) is 10.4. The molecule has 0 saturated heterocycles. The molecule has 18 heavy (non-hydrogen) atoms. The molecule has 0 radical (unpaired) electrons. The molecule has 0 unspecified atom stereocenters. The SMILES string of the molecule is CC(C)(C)S(C)(C)OCCOS(=O)(=O)C(F)(F)F. The normalized spacial score (nSPS) is 15.8. The Labute approximate surface area is 107 Å². The zero-order chi connectivity index (χ0) is 14.8. The van der Waals surface area contributed by atoms with Crippen LogP contribution in [-0.4, -0.2) is 44.4 Å². The minimum Gasteiger partial charge on any atom is -0.334 e. The highest BCUT2D eigenvalue weighted by atomic mass is 32.3. The molecule has 112 valence electrons. The molecule has 0 atom stereocenters. The first-order valence-corrected chi connectivity index (χ1v) is 8.82. The molecule has 0 aliphatic heterocycles. The van der Waals surface area contributed by atoms with Gasteiger partial charge in [-0.05, 0) is 12.5 Å². The van der Waals surface area contributed by atoms with Gasteiger partial charge in [-0.25, -0.2) is 0 Å². The molecule has 4 nitrogen and oxygen atoms in total. The Kier molecular flexibility index (Phi) is 5.56. The van der Waals surface area contributed by atoms with E-state index in [1.165, 1.54) is 0 Å². The highest BCUT2D eigenvalue weighted by molar-refractivity contribution is 8.29. The van der Waals surface area contributed by atoms with Crippen molar-refractivity contribution in [2.45, 2.75) is 31.0 Å². The molecule has 0 bridgehead atoms. The fourth-order valence-electron chi connectivity index (χ4n) is 0.630. The molecule has 0 rings (SSSR count). The molecule has 0 heterocycles. The van der Waals surface area contributed by atoms with Crippen molar-refractivity contribution in [1.29, 1.82) is 0 Å². The third-order valence-corrected chi connectivity index (χ3v) is 7.21. The average molecular weight is 312 g/mol. The largest absolute Gasteiger partial charge is 0.523 e. The number of rotatable bonds is 5. The van der Waals surface area contributed by atoms with E-state index in [0.717, 1.165) is 0 Å². The number of halogens is 3. The van der Waals surface area contributed by atoms with Crippen molar-refractivity contribution in [3.8, 4) is 0 Å². The minimum absolute atomic E-state index is 0.157. The maximum atomic E-state index is 11.9. The molecular formula is C9H19F3O4S2. The highest BCUT2D eigenvalue weighted by Gasteiger charge is 2.47. The summed E-state index contributed by atoms with van der Waals surface area (Å²) in [5.74, 6) is 0. The predicted octanol–water partition coefficient (Wildman–Crippen LogP) is 2.65. The van der Waals surface area contributed by atoms with Crippen molar-refractivity contribution in [2.75, 3.05) is 25.7 Å². The lowest BCUT2D eigenvalue weighted by molar-refractivity contribution is -0.0546. The van der Waals surface area contributed by atoms with Gasteiger partial charge in [0.1, 0.15) is 0 Å². The van der Waals surface area contributed by atoms with E-state index in [9.17, 15) is 21.6 Å². The van der Waals surface area contributed by atoms with Crippen LogP contribution in [0.25, 0.3) is 0 Å². The van der Waals surface area contributed by atoms with Crippen LogP contribution in [0, 0.1) is 0 Å². The Balaban J connectivity index is 4.26. The molecule has 0 aliphatic rings. The molecule has 0 aromatic carbocycles. The van der Waals surface area contributed by atoms with Crippen LogP contribution in [0.3, 0.4) is 0 Å². The lowest BCUT2D eigenvalue weighted by Crippen LogP contribution is -2.29. The minimum atomic E-state index is -5.52. The van der Waals surface area contributed by atoms with E-state index in [4.69, 9.17) is 4.18 Å². The maximum absolute atomic E-state index is 11.9. The summed E-state index contributed by atoms with van der Waals surface area (Å²) < 4.78 is 66.1. The lowest BCUT2D eigenvalue weighted by atomic mass is 10.3. The fraction of sp³-hybridized carbons (Fsp3) is 1.00. The predicted molar refractivity (Wildman–Crippen MR) is 66.1 cm³/mol. The number of hydrogen-bond donors (Lipinski definition) is 0. The zero-order valence-corrected chi connectivity index (χ0v) is 12.6. The fourth-order valence-corrected chi connectivity index (χ4v) is 1.89. The third kappa shape index (κ3) is 4.94. The van der Waals surface area contributed by atoms with Gasteiger partial charge in [-0.3, -0.25) is 4.18 Å². The van der Waals surface area contributed by atoms with Crippen molar-refractivity contribution in [1.82, 2.24) is 0 Å². The molecular weight excluding hydrogens is 293 g/mol. The van der Waals surface area contributed by atoms with Crippen LogP contribution in [0.4, 0.5) is 13.2 Å². The number of alkyl halides is 3. The first-order valence-electron chi connectivity index (χ1n) is 5.04. The van der Waals surface area contributed by atoms with Crippen LogP contribution in [0.2, 0.25) is 0 Å². The molecule has 0 aromatic heterocycles. The Morgan fingerprint density at radius 2 is 1.33 bits per heavy atom. The summed E-state index contributed by atoms with van der Waals surface area (Å²) in [7, 11) is -7.03. The van der Waals surface area contributed by atoms with E-state index >= 15 is 0 Å². The summed E-state index contributed by atoms with van der Waals surface area (Å²) in [5, 5.41) is 0. The van der Waals surface area contributed by atoms with Gasteiger partial charge < -0.3 is 4.18 Å². The Morgan fingerprint density at radius 3 is 1.67 bits per heavy atom. The maximum Gasteiger partial charge on any atom is 0.523 e. The first kappa shape index (κ1) is 18.0. The second-order valence-electron chi connectivity index (χ2n) is 4.89. The van der Waals surface area contributed by atoms with Gasteiger partial charge in [0.15, 0.2) is 0 Å². The smallest absolute Gasteiger partial charge is 0.334 e. The van der Waals surface area contributed by atoms with Gasteiger partial charge in [0, 0.05) is 4.75 Å². The average Bonchev–Trinajstić information content (AvgIpc) is 2.08. The Bertz CT molecular complexity index is 368. The van der Waals surface area contributed by atoms with Gasteiger partial charge in [-0.1, -0.05) is 20.8 Å². The van der Waals surface area contributed by atoms with Gasteiger partial charge in [-0.2, -0.15) is 21.6 Å². The molecule has 9 heteroatoms. The summed E-state index contributed by atoms with van der Waals surface area (Å²) in [4.78, 5) is 0. The van der Waals surface area contributed by atoms with Gasteiger partial charge in [0.25, 0.3) is 0 Å². The van der Waals surface area contributed by atoms with Crippen LogP contribution in [0.15, 0.2) is 0 Å². The number of hydrogen-bond acceptors (Lipinski definition) is 4. The van der Waals surface area contributed by atoms with E-state index in [1.807, 2.05) is 33.3 Å². The summed E-state index contributed by atoms with van der Waals surface area (Å²) in [6, 6.07) is 0. The van der Waals surface area contributed by atoms with Gasteiger partial charge in [-0.15, -0.1) is 10.3 Å². The van der Waals surface area contributed by atoms with E-state index < -0.39 is 32.5 Å². The molecule has 0 amide bonds. The van der Waals surface area contributed by atoms with Crippen LogP contribution < -0.4 is 0 Å². The molecule has 0 aliphatic carbocycles. The van der Waals surface area contributed by atoms with E-state index in [2.05, 4.69) is 4.18 Å². The quantitative estimate of drug-likeness (QED) is 0.445. The van der Waals surface area contributed by atoms with Crippen molar-refractivity contribution in [3.05, 3.63) is 0 Å². The lowest BCUT2D eigenvalue weighted by Gasteiger charge is -2.43. The summed E-state index contributed by atoms with van der Waals surface area (Å²) in [5.41, 5.74) is -5.39. The van der Waals surface area contributed by atoms with Crippen molar-refractivity contribution in [3.63, 3.8) is 0 Å². The topological polar surface area (TPSA) is 52.6 Å². The van der Waals surface area contributed by atoms with Gasteiger partial charge in [0.05, 0.1) is 13.2 Å². The van der Waals surface area contributed by atoms with Crippen LogP contribution >= 0.6 is 10.3 Å². The molecule has 0 aromatic rings. The molecule has 0 N–H and O–H groups in total. The molecule has 0 spiro atoms. The van der Waals surface area contributed by atoms with Crippen molar-refractivity contribution in [2.24, 2.45) is 0 Å². The highest BCUT2D eigenvalue weighted by Crippen LogP contribution is 2.53. The summed E-state index contributed by atoms with van der Waals surface area (Å²) in [6.07, 6.45) is 3.70. The first-order chi connectivity index (χ1) is 7.71. The zero-order valence-electron chi connectivity index (χ0n) is 11.0. The monoisotopic (exact) mass is 312 g/mol. The van der Waals surface area contributed by atoms with Crippen LogP contribution in [-0.2, 0) is 18.5 Å². The molecule has 0 fully saturated rings. The summed E-state index contributed by atoms with van der Waals surface area (Å²) >= 11 is 0. The van der Waals surface area contributed by atoms with Crippen molar-refractivity contribution >= 4 is 20.4 Å². The second kappa shape index (κ2) is 5.56. The van der Waals surface area contributed by atoms with Crippen LogP contribution in [0.1, 0.15) is 20.8 Å². The van der Waals surface area contributed by atoms with Gasteiger partial charge >= 0.3 is 15.6 Å². The van der Waals surface area contributed by atoms with Crippen molar-refractivity contribution < 1.29 is 30.0 Å². The van der Waals surface area contributed by atoms with E-state index in [-0.39, 0.29) is 11.4 Å². The van der Waals surface area contributed by atoms with Crippen LogP contribution in [0.5, 0.6) is 0 Å². The van der Waals surface area contributed by atoms with Gasteiger partial charge in [0.2, 0.25) is 0 Å². The molecule has 0 saturated carbocycles. The standard InChI is InChI=1S/C9H19F3O4S2/c1-8(2,3)17(4,5)15-6-7-16-18(13,14)9(10,11)12/h6-7H2,1-5H3. The third-order valence-electron chi connectivity index (χ3n) is 2.46. The Hall–Kier alpha value is 0.01000.